The van der Waals surface area contributed by atoms with Gasteiger partial charge in [0, 0.05) is 35.7 Å². The number of hydrogen-bond acceptors (Lipinski definition) is 3. The number of halogens is 1. The Hall–Kier alpha value is -2.40. The van der Waals surface area contributed by atoms with Gasteiger partial charge < -0.3 is 10.2 Å². The normalized spacial score (nSPS) is 10.4. The van der Waals surface area contributed by atoms with Crippen molar-refractivity contribution in [3.8, 4) is 0 Å². The summed E-state index contributed by atoms with van der Waals surface area (Å²) in [4.78, 5) is 30.1. The Morgan fingerprint density at radius 1 is 1.22 bits per heavy atom. The van der Waals surface area contributed by atoms with Crippen LogP contribution in [0.5, 0.6) is 0 Å². The molecule has 2 amide bonds. The predicted molar refractivity (Wildman–Crippen MR) is 90.0 cm³/mol. The van der Waals surface area contributed by atoms with Crippen molar-refractivity contribution in [3.05, 3.63) is 59.4 Å². The molecule has 0 atom stereocenters. The van der Waals surface area contributed by atoms with Gasteiger partial charge in [0.1, 0.15) is 0 Å². The standard InChI is InChI=1S/C17H18ClN3O2/c1-12(2)21(11-13-4-3-9-19-10-13)17(23)16(22)20-15-7-5-14(18)6-8-15/h3-10,12H,11H2,1-2H3,(H,20,22). The molecule has 1 N–H and O–H groups in total. The molecule has 0 aliphatic carbocycles. The zero-order valence-electron chi connectivity index (χ0n) is 13.0. The van der Waals surface area contributed by atoms with Crippen molar-refractivity contribution in [3.63, 3.8) is 0 Å². The Morgan fingerprint density at radius 3 is 2.48 bits per heavy atom. The number of rotatable bonds is 4. The first-order chi connectivity index (χ1) is 11.0. The van der Waals surface area contributed by atoms with Crippen molar-refractivity contribution in [2.24, 2.45) is 0 Å². The fourth-order valence-corrected chi connectivity index (χ4v) is 2.15. The number of carbonyl (C=O) groups excluding carboxylic acids is 2. The van der Waals surface area contributed by atoms with Crippen LogP contribution in [0, 0.1) is 0 Å². The largest absolute Gasteiger partial charge is 0.328 e. The van der Waals surface area contributed by atoms with Crippen molar-refractivity contribution in [2.75, 3.05) is 5.32 Å². The third-order valence-electron chi connectivity index (χ3n) is 3.26. The fourth-order valence-electron chi connectivity index (χ4n) is 2.03. The molecule has 0 spiro atoms. The number of amides is 2. The van der Waals surface area contributed by atoms with Crippen LogP contribution in [-0.4, -0.2) is 27.7 Å². The first-order valence-electron chi connectivity index (χ1n) is 7.24. The van der Waals surface area contributed by atoms with Gasteiger partial charge in [-0.05, 0) is 49.7 Å². The SMILES string of the molecule is CC(C)N(Cc1cccnc1)C(=O)C(=O)Nc1ccc(Cl)cc1. The van der Waals surface area contributed by atoms with Crippen LogP contribution in [0.1, 0.15) is 19.4 Å². The fraction of sp³-hybridized carbons (Fsp3) is 0.235. The van der Waals surface area contributed by atoms with Crippen LogP contribution >= 0.6 is 11.6 Å². The summed E-state index contributed by atoms with van der Waals surface area (Å²) < 4.78 is 0. The van der Waals surface area contributed by atoms with Crippen LogP contribution in [0.15, 0.2) is 48.8 Å². The molecule has 120 valence electrons. The lowest BCUT2D eigenvalue weighted by atomic mass is 10.2. The predicted octanol–water partition coefficient (Wildman–Crippen LogP) is 3.11. The maximum absolute atomic E-state index is 12.4. The van der Waals surface area contributed by atoms with Gasteiger partial charge in [-0.3, -0.25) is 14.6 Å². The van der Waals surface area contributed by atoms with E-state index in [0.29, 0.717) is 17.3 Å². The van der Waals surface area contributed by atoms with E-state index in [4.69, 9.17) is 11.6 Å². The van der Waals surface area contributed by atoms with Gasteiger partial charge in [-0.15, -0.1) is 0 Å². The van der Waals surface area contributed by atoms with Crippen molar-refractivity contribution < 1.29 is 9.59 Å². The van der Waals surface area contributed by atoms with Gasteiger partial charge in [0.2, 0.25) is 0 Å². The quantitative estimate of drug-likeness (QED) is 0.876. The smallest absolute Gasteiger partial charge is 0.313 e. The molecule has 0 aliphatic heterocycles. The summed E-state index contributed by atoms with van der Waals surface area (Å²) in [6.45, 7) is 4.06. The van der Waals surface area contributed by atoms with Gasteiger partial charge in [0.25, 0.3) is 0 Å². The molecule has 1 heterocycles. The van der Waals surface area contributed by atoms with Crippen molar-refractivity contribution in [1.29, 1.82) is 0 Å². The number of pyridine rings is 1. The zero-order valence-corrected chi connectivity index (χ0v) is 13.7. The highest BCUT2D eigenvalue weighted by Gasteiger charge is 2.24. The van der Waals surface area contributed by atoms with Crippen LogP contribution in [0.4, 0.5) is 5.69 Å². The summed E-state index contributed by atoms with van der Waals surface area (Å²) in [5, 5.41) is 3.15. The number of nitrogens with one attached hydrogen (secondary N) is 1. The van der Waals surface area contributed by atoms with Gasteiger partial charge in [-0.25, -0.2) is 0 Å². The minimum Gasteiger partial charge on any atom is -0.328 e. The van der Waals surface area contributed by atoms with E-state index in [1.165, 1.54) is 4.90 Å². The molecule has 2 rings (SSSR count). The number of hydrogen-bond donors (Lipinski definition) is 1. The Bertz CT molecular complexity index is 672. The molecule has 0 unspecified atom stereocenters. The maximum Gasteiger partial charge on any atom is 0.313 e. The molecule has 5 nitrogen and oxygen atoms in total. The summed E-state index contributed by atoms with van der Waals surface area (Å²) in [6.07, 6.45) is 3.35. The van der Waals surface area contributed by atoms with E-state index in [0.717, 1.165) is 5.56 Å². The lowest BCUT2D eigenvalue weighted by molar-refractivity contribution is -0.144. The summed E-state index contributed by atoms with van der Waals surface area (Å²) >= 11 is 5.80. The molecule has 0 bridgehead atoms. The number of benzene rings is 1. The molecule has 1 aromatic carbocycles. The highest BCUT2D eigenvalue weighted by Crippen LogP contribution is 2.14. The van der Waals surface area contributed by atoms with Crippen LogP contribution in [0.25, 0.3) is 0 Å². The van der Waals surface area contributed by atoms with Gasteiger partial charge in [0.15, 0.2) is 0 Å². The monoisotopic (exact) mass is 331 g/mol. The summed E-state index contributed by atoms with van der Waals surface area (Å²) in [7, 11) is 0. The zero-order chi connectivity index (χ0) is 16.8. The average molecular weight is 332 g/mol. The van der Waals surface area contributed by atoms with Crippen molar-refractivity contribution >= 4 is 29.1 Å². The lowest BCUT2D eigenvalue weighted by Gasteiger charge is -2.26. The highest BCUT2D eigenvalue weighted by atomic mass is 35.5. The Morgan fingerprint density at radius 2 is 1.91 bits per heavy atom. The third kappa shape index (κ3) is 4.79. The first kappa shape index (κ1) is 17.0. The number of nitrogens with zero attached hydrogens (tertiary/aromatic N) is 2. The second-order valence-corrected chi connectivity index (χ2v) is 5.79. The van der Waals surface area contributed by atoms with Crippen LogP contribution < -0.4 is 5.32 Å². The second-order valence-electron chi connectivity index (χ2n) is 5.35. The van der Waals surface area contributed by atoms with E-state index in [2.05, 4.69) is 10.3 Å². The molecule has 2 aromatic rings. The topological polar surface area (TPSA) is 62.3 Å². The Kier molecular flexibility index (Phi) is 5.71. The maximum atomic E-state index is 12.4. The molecule has 0 saturated heterocycles. The number of anilines is 1. The molecular formula is C17H18ClN3O2. The van der Waals surface area contributed by atoms with Crippen LogP contribution in [0.3, 0.4) is 0 Å². The molecule has 0 aliphatic rings. The van der Waals surface area contributed by atoms with Crippen molar-refractivity contribution in [1.82, 2.24) is 9.88 Å². The number of aromatic nitrogens is 1. The molecule has 6 heteroatoms. The van der Waals surface area contributed by atoms with E-state index in [-0.39, 0.29) is 6.04 Å². The van der Waals surface area contributed by atoms with Gasteiger partial charge in [0.05, 0.1) is 0 Å². The summed E-state index contributed by atoms with van der Waals surface area (Å²) in [5.41, 5.74) is 1.40. The molecule has 0 radical (unpaired) electrons. The third-order valence-corrected chi connectivity index (χ3v) is 3.51. The lowest BCUT2D eigenvalue weighted by Crippen LogP contribution is -2.43. The molecule has 0 saturated carbocycles. The van der Waals surface area contributed by atoms with Crippen molar-refractivity contribution in [2.45, 2.75) is 26.4 Å². The van der Waals surface area contributed by atoms with Crippen LogP contribution in [-0.2, 0) is 16.1 Å². The Labute approximate surface area is 140 Å². The molecular weight excluding hydrogens is 314 g/mol. The second kappa shape index (κ2) is 7.74. The van der Waals surface area contributed by atoms with E-state index in [9.17, 15) is 9.59 Å². The Balaban J connectivity index is 2.07. The minimum absolute atomic E-state index is 0.112. The molecule has 0 fully saturated rings. The van der Waals surface area contributed by atoms with E-state index in [1.54, 1.807) is 42.7 Å². The van der Waals surface area contributed by atoms with Gasteiger partial charge in [-0.2, -0.15) is 0 Å². The molecule has 23 heavy (non-hydrogen) atoms. The first-order valence-corrected chi connectivity index (χ1v) is 7.61. The van der Waals surface area contributed by atoms with Gasteiger partial charge in [-0.1, -0.05) is 17.7 Å². The van der Waals surface area contributed by atoms with E-state index >= 15 is 0 Å². The summed E-state index contributed by atoms with van der Waals surface area (Å²) in [6, 6.07) is 10.1. The number of carbonyl (C=O) groups is 2. The minimum atomic E-state index is -0.676. The molecule has 1 aromatic heterocycles. The van der Waals surface area contributed by atoms with Crippen LogP contribution in [0.2, 0.25) is 5.02 Å². The highest BCUT2D eigenvalue weighted by molar-refractivity contribution is 6.39. The van der Waals surface area contributed by atoms with E-state index < -0.39 is 11.8 Å². The van der Waals surface area contributed by atoms with E-state index in [1.807, 2.05) is 19.9 Å². The summed E-state index contributed by atoms with van der Waals surface area (Å²) in [5.74, 6) is -1.26. The average Bonchev–Trinajstić information content (AvgIpc) is 2.55. The van der Waals surface area contributed by atoms with Gasteiger partial charge >= 0.3 is 11.8 Å².